The van der Waals surface area contributed by atoms with E-state index in [9.17, 15) is 8.78 Å². The third kappa shape index (κ3) is 3.20. The van der Waals surface area contributed by atoms with Crippen molar-refractivity contribution in [3.63, 3.8) is 0 Å². The summed E-state index contributed by atoms with van der Waals surface area (Å²) in [6.45, 7) is -0.0539. The molecule has 0 aliphatic heterocycles. The van der Waals surface area contributed by atoms with Gasteiger partial charge in [-0.2, -0.15) is 4.80 Å². The number of aliphatic hydroxyl groups excluding tert-OH is 1. The van der Waals surface area contributed by atoms with Crippen molar-refractivity contribution in [3.05, 3.63) is 53.5 Å². The second-order valence-corrected chi connectivity index (χ2v) is 4.92. The largest absolute Gasteiger partial charge is 0.481 e. The number of benzene rings is 1. The van der Waals surface area contributed by atoms with Gasteiger partial charge >= 0.3 is 0 Å². The van der Waals surface area contributed by atoms with Gasteiger partial charge in [0.05, 0.1) is 13.7 Å². The molecule has 1 aromatic carbocycles. The lowest BCUT2D eigenvalue weighted by Gasteiger charge is -2.10. The monoisotopic (exact) mass is 333 g/mol. The number of nitrogens with zero attached hydrogens (tertiary/aromatic N) is 5. The highest BCUT2D eigenvalue weighted by molar-refractivity contribution is 5.69. The third-order valence-electron chi connectivity index (χ3n) is 3.29. The molecule has 124 valence electrons. The zero-order valence-corrected chi connectivity index (χ0v) is 12.6. The van der Waals surface area contributed by atoms with Crippen molar-refractivity contribution >= 4 is 0 Å². The van der Waals surface area contributed by atoms with E-state index in [4.69, 9.17) is 9.84 Å². The van der Waals surface area contributed by atoms with Crippen LogP contribution >= 0.6 is 0 Å². The molecular weight excluding hydrogens is 320 g/mol. The van der Waals surface area contributed by atoms with Gasteiger partial charge in [0.25, 0.3) is 0 Å². The number of aliphatic hydroxyl groups is 1. The van der Waals surface area contributed by atoms with Gasteiger partial charge in [-0.3, -0.25) is 0 Å². The van der Waals surface area contributed by atoms with Crippen LogP contribution in [0.3, 0.4) is 0 Å². The Hall–Kier alpha value is -2.94. The maximum Gasteiger partial charge on any atom is 0.221 e. The number of rotatable bonds is 5. The Kier molecular flexibility index (Phi) is 4.43. The van der Waals surface area contributed by atoms with E-state index in [2.05, 4.69) is 20.4 Å². The van der Waals surface area contributed by atoms with Gasteiger partial charge in [-0.05, 0) is 34.5 Å². The Bertz CT molecular complexity index is 869. The summed E-state index contributed by atoms with van der Waals surface area (Å²) in [5.74, 6) is -1.39. The highest BCUT2D eigenvalue weighted by Crippen LogP contribution is 2.30. The van der Waals surface area contributed by atoms with E-state index in [0.29, 0.717) is 16.7 Å². The fraction of sp³-hybridized carbons (Fsp3) is 0.200. The minimum Gasteiger partial charge on any atom is -0.481 e. The van der Waals surface area contributed by atoms with Crippen LogP contribution in [0.1, 0.15) is 11.4 Å². The van der Waals surface area contributed by atoms with Crippen LogP contribution in [0.2, 0.25) is 0 Å². The summed E-state index contributed by atoms with van der Waals surface area (Å²) >= 11 is 0. The number of hydrogen-bond donors (Lipinski definition) is 1. The molecule has 0 aliphatic carbocycles. The van der Waals surface area contributed by atoms with E-state index in [1.807, 2.05) is 0 Å². The number of halogens is 2. The van der Waals surface area contributed by atoms with Crippen LogP contribution in [-0.4, -0.2) is 37.4 Å². The van der Waals surface area contributed by atoms with Crippen molar-refractivity contribution in [2.24, 2.45) is 0 Å². The minimum absolute atomic E-state index is 0.206. The van der Waals surface area contributed by atoms with Crippen LogP contribution in [0, 0.1) is 11.6 Å². The van der Waals surface area contributed by atoms with Crippen LogP contribution in [-0.2, 0) is 13.2 Å². The molecule has 3 aromatic rings. The molecule has 1 N–H and O–H groups in total. The first-order chi connectivity index (χ1) is 11.6. The molecule has 3 rings (SSSR count). The molecule has 0 saturated carbocycles. The molecule has 7 nitrogen and oxygen atoms in total. The average molecular weight is 333 g/mol. The highest BCUT2D eigenvalue weighted by atomic mass is 19.2. The van der Waals surface area contributed by atoms with E-state index in [1.54, 1.807) is 12.3 Å². The molecule has 0 aliphatic rings. The zero-order valence-electron chi connectivity index (χ0n) is 12.6. The first-order valence-corrected chi connectivity index (χ1v) is 6.96. The van der Waals surface area contributed by atoms with Crippen molar-refractivity contribution in [1.29, 1.82) is 0 Å². The van der Waals surface area contributed by atoms with Crippen molar-refractivity contribution < 1.29 is 18.6 Å². The highest BCUT2D eigenvalue weighted by Gasteiger charge is 2.12. The minimum atomic E-state index is -0.953. The Morgan fingerprint density at radius 2 is 2.04 bits per heavy atom. The van der Waals surface area contributed by atoms with Crippen LogP contribution in [0.15, 0.2) is 30.5 Å². The number of pyridine rings is 1. The van der Waals surface area contributed by atoms with Gasteiger partial charge in [-0.1, -0.05) is 6.07 Å². The SMILES string of the molecule is COc1ncc(Cn2nnc(CO)n2)cc1-c1ccc(F)c(F)c1. The predicted octanol–water partition coefficient (Wildman–Crippen LogP) is 1.56. The maximum absolute atomic E-state index is 13.5. The summed E-state index contributed by atoms with van der Waals surface area (Å²) < 4.78 is 31.8. The molecule has 0 unspecified atom stereocenters. The van der Waals surface area contributed by atoms with Gasteiger partial charge in [-0.25, -0.2) is 13.8 Å². The van der Waals surface area contributed by atoms with Crippen molar-refractivity contribution in [2.75, 3.05) is 7.11 Å². The summed E-state index contributed by atoms with van der Waals surface area (Å²) in [5.41, 5.74) is 1.65. The summed E-state index contributed by atoms with van der Waals surface area (Å²) in [6, 6.07) is 5.29. The van der Waals surface area contributed by atoms with Crippen LogP contribution in [0.5, 0.6) is 5.88 Å². The number of methoxy groups -OCH3 is 1. The summed E-state index contributed by atoms with van der Waals surface area (Å²) in [4.78, 5) is 5.47. The van der Waals surface area contributed by atoms with Crippen molar-refractivity contribution in [3.8, 4) is 17.0 Å². The molecule has 0 atom stereocenters. The Morgan fingerprint density at radius 3 is 2.71 bits per heavy atom. The molecule has 0 radical (unpaired) electrons. The zero-order chi connectivity index (χ0) is 17.1. The maximum atomic E-state index is 13.5. The summed E-state index contributed by atoms with van der Waals surface area (Å²) in [5, 5.41) is 20.4. The normalized spacial score (nSPS) is 10.8. The quantitative estimate of drug-likeness (QED) is 0.763. The van der Waals surface area contributed by atoms with Crippen LogP contribution in [0.4, 0.5) is 8.78 Å². The average Bonchev–Trinajstić information content (AvgIpc) is 3.05. The van der Waals surface area contributed by atoms with E-state index in [1.165, 1.54) is 18.0 Å². The molecule has 0 saturated heterocycles. The van der Waals surface area contributed by atoms with E-state index < -0.39 is 11.6 Å². The molecule has 2 aromatic heterocycles. The van der Waals surface area contributed by atoms with Gasteiger partial charge in [-0.15, -0.1) is 10.2 Å². The van der Waals surface area contributed by atoms with Gasteiger partial charge in [0.2, 0.25) is 5.88 Å². The fourth-order valence-corrected chi connectivity index (χ4v) is 2.19. The first-order valence-electron chi connectivity index (χ1n) is 6.96. The molecule has 24 heavy (non-hydrogen) atoms. The van der Waals surface area contributed by atoms with Crippen molar-refractivity contribution in [2.45, 2.75) is 13.2 Å². The lowest BCUT2D eigenvalue weighted by molar-refractivity contribution is 0.270. The lowest BCUT2D eigenvalue weighted by Crippen LogP contribution is -2.05. The van der Waals surface area contributed by atoms with E-state index in [0.717, 1.165) is 12.1 Å². The topological polar surface area (TPSA) is 86.0 Å². The number of aromatic nitrogens is 5. The lowest BCUT2D eigenvalue weighted by atomic mass is 10.0. The number of hydrogen-bond acceptors (Lipinski definition) is 6. The third-order valence-corrected chi connectivity index (χ3v) is 3.29. The second-order valence-electron chi connectivity index (χ2n) is 4.92. The Labute approximate surface area is 135 Å². The van der Waals surface area contributed by atoms with Crippen molar-refractivity contribution in [1.82, 2.24) is 25.2 Å². The molecular formula is C15H13F2N5O2. The predicted molar refractivity (Wildman–Crippen MR) is 79.0 cm³/mol. The molecule has 0 fully saturated rings. The van der Waals surface area contributed by atoms with Gasteiger partial charge in [0, 0.05) is 11.8 Å². The smallest absolute Gasteiger partial charge is 0.221 e. The second kappa shape index (κ2) is 6.67. The van der Waals surface area contributed by atoms with Crippen LogP contribution < -0.4 is 4.74 Å². The first kappa shape index (κ1) is 15.9. The summed E-state index contributed by atoms with van der Waals surface area (Å²) in [7, 11) is 1.44. The van der Waals surface area contributed by atoms with E-state index >= 15 is 0 Å². The van der Waals surface area contributed by atoms with Gasteiger partial charge < -0.3 is 9.84 Å². The molecule has 0 bridgehead atoms. The Morgan fingerprint density at radius 1 is 1.21 bits per heavy atom. The standard InChI is InChI=1S/C15H13F2N5O2/c1-24-15-11(10-2-3-12(16)13(17)5-10)4-9(6-18-15)7-22-20-14(8-23)19-21-22/h2-6,23H,7-8H2,1H3. The van der Waals surface area contributed by atoms with Crippen LogP contribution in [0.25, 0.3) is 11.1 Å². The molecule has 0 amide bonds. The number of tetrazole rings is 1. The summed E-state index contributed by atoms with van der Waals surface area (Å²) in [6.07, 6.45) is 1.56. The fourth-order valence-electron chi connectivity index (χ4n) is 2.19. The van der Waals surface area contributed by atoms with Gasteiger partial charge in [0.1, 0.15) is 6.61 Å². The van der Waals surface area contributed by atoms with Gasteiger partial charge in [0.15, 0.2) is 17.5 Å². The Balaban J connectivity index is 1.96. The molecule has 0 spiro atoms. The van der Waals surface area contributed by atoms with E-state index in [-0.39, 0.29) is 24.9 Å². The molecule has 9 heteroatoms. The number of ether oxygens (including phenoxy) is 1. The molecule has 2 heterocycles.